The van der Waals surface area contributed by atoms with Crippen LogP contribution in [0.1, 0.15) is 38.3 Å². The molecule has 3 rings (SSSR count). The van der Waals surface area contributed by atoms with Crippen molar-refractivity contribution in [2.45, 2.75) is 46.1 Å². The molecule has 7 nitrogen and oxygen atoms in total. The fourth-order valence-corrected chi connectivity index (χ4v) is 4.34. The third kappa shape index (κ3) is 5.95. The van der Waals surface area contributed by atoms with E-state index in [4.69, 9.17) is 9.47 Å². The maximum atomic E-state index is 13.7. The molecule has 0 saturated heterocycles. The van der Waals surface area contributed by atoms with Crippen LogP contribution in [0.4, 0.5) is 10.5 Å². The van der Waals surface area contributed by atoms with Crippen LogP contribution in [-0.2, 0) is 31.9 Å². The van der Waals surface area contributed by atoms with Crippen LogP contribution in [0.2, 0.25) is 0 Å². The van der Waals surface area contributed by atoms with E-state index in [2.05, 4.69) is 0 Å². The van der Waals surface area contributed by atoms with Crippen LogP contribution in [0.3, 0.4) is 0 Å². The first-order valence-corrected chi connectivity index (χ1v) is 12.0. The van der Waals surface area contributed by atoms with E-state index in [-0.39, 0.29) is 31.8 Å². The largest absolute Gasteiger partial charge is 0.466 e. The van der Waals surface area contributed by atoms with E-state index in [0.717, 1.165) is 11.1 Å². The van der Waals surface area contributed by atoms with E-state index in [0.29, 0.717) is 31.5 Å². The number of benzene rings is 2. The fourth-order valence-electron chi connectivity index (χ4n) is 4.34. The lowest BCUT2D eigenvalue weighted by Crippen LogP contribution is -2.51. The molecule has 2 atom stereocenters. The highest BCUT2D eigenvalue weighted by Gasteiger charge is 2.41. The Balaban J connectivity index is 1.81. The minimum Gasteiger partial charge on any atom is -0.466 e. The van der Waals surface area contributed by atoms with Gasteiger partial charge in [-0.05, 0) is 50.8 Å². The topological polar surface area (TPSA) is 76.2 Å². The maximum absolute atomic E-state index is 13.7. The number of anilines is 1. The first kappa shape index (κ1) is 25.3. The van der Waals surface area contributed by atoms with Gasteiger partial charge in [-0.1, -0.05) is 48.5 Å². The smallest absolute Gasteiger partial charge is 0.329 e. The Labute approximate surface area is 201 Å². The van der Waals surface area contributed by atoms with Crippen LogP contribution in [0.25, 0.3) is 0 Å². The van der Waals surface area contributed by atoms with Crippen LogP contribution in [0, 0.1) is 5.92 Å². The quantitative estimate of drug-likeness (QED) is 0.490. The minimum atomic E-state index is -0.718. The van der Waals surface area contributed by atoms with E-state index in [1.807, 2.05) is 61.5 Å². The van der Waals surface area contributed by atoms with Crippen molar-refractivity contribution in [2.75, 3.05) is 31.2 Å². The van der Waals surface area contributed by atoms with Crippen LogP contribution < -0.4 is 4.90 Å². The van der Waals surface area contributed by atoms with Crippen molar-refractivity contribution >= 4 is 23.7 Å². The summed E-state index contributed by atoms with van der Waals surface area (Å²) in [5, 5.41) is 0. The predicted molar refractivity (Wildman–Crippen MR) is 131 cm³/mol. The Morgan fingerprint density at radius 2 is 1.65 bits per heavy atom. The highest BCUT2D eigenvalue weighted by atomic mass is 16.5. The van der Waals surface area contributed by atoms with Crippen LogP contribution in [-0.4, -0.2) is 55.2 Å². The lowest BCUT2D eigenvalue weighted by atomic mass is 9.99. The number of carbonyl (C=O) groups excluding carboxylic acids is 3. The second-order valence-corrected chi connectivity index (χ2v) is 8.27. The molecule has 7 heteroatoms. The number of para-hydroxylation sites is 1. The molecule has 2 amide bonds. The number of amides is 2. The first-order valence-electron chi connectivity index (χ1n) is 12.0. The molecule has 0 aromatic heterocycles. The normalized spacial score (nSPS) is 15.4. The Bertz CT molecular complexity index is 978. The fraction of sp³-hybridized carbons (Fsp3) is 0.444. The molecule has 0 bridgehead atoms. The van der Waals surface area contributed by atoms with Gasteiger partial charge in [0.2, 0.25) is 0 Å². The summed E-state index contributed by atoms with van der Waals surface area (Å²) in [4.78, 5) is 42.4. The highest BCUT2D eigenvalue weighted by Crippen LogP contribution is 2.34. The molecular weight excluding hydrogens is 432 g/mol. The minimum absolute atomic E-state index is 0.217. The lowest BCUT2D eigenvalue weighted by molar-refractivity contribution is -0.149. The van der Waals surface area contributed by atoms with Gasteiger partial charge < -0.3 is 14.4 Å². The number of hydrogen-bond acceptors (Lipinski definition) is 5. The summed E-state index contributed by atoms with van der Waals surface area (Å²) in [6.07, 6.45) is 1.67. The molecule has 1 aliphatic heterocycles. The van der Waals surface area contributed by atoms with Gasteiger partial charge in [0.1, 0.15) is 6.04 Å². The Morgan fingerprint density at radius 3 is 2.32 bits per heavy atom. The molecule has 2 aromatic carbocycles. The van der Waals surface area contributed by atoms with Crippen LogP contribution in [0.15, 0.2) is 54.6 Å². The highest BCUT2D eigenvalue weighted by molar-refractivity contribution is 6.01. The second-order valence-electron chi connectivity index (χ2n) is 8.27. The van der Waals surface area contributed by atoms with Gasteiger partial charge in [0.25, 0.3) is 0 Å². The lowest BCUT2D eigenvalue weighted by Gasteiger charge is -2.32. The SMILES string of the molecule is CCOC(=O)C1Cc2ccccc2N1C(=O)N(CC)C[C@H](CCc1ccccc1)C(=O)OCC. The monoisotopic (exact) mass is 466 g/mol. The van der Waals surface area contributed by atoms with Crippen molar-refractivity contribution < 1.29 is 23.9 Å². The maximum Gasteiger partial charge on any atom is 0.329 e. The van der Waals surface area contributed by atoms with E-state index < -0.39 is 17.9 Å². The molecular formula is C27H34N2O5. The summed E-state index contributed by atoms with van der Waals surface area (Å²) in [7, 11) is 0. The molecule has 0 fully saturated rings. The molecule has 182 valence electrons. The number of esters is 2. The Morgan fingerprint density at radius 1 is 0.971 bits per heavy atom. The zero-order valence-corrected chi connectivity index (χ0v) is 20.2. The van der Waals surface area contributed by atoms with Gasteiger partial charge in [0, 0.05) is 25.2 Å². The molecule has 2 aromatic rings. The molecule has 34 heavy (non-hydrogen) atoms. The zero-order valence-electron chi connectivity index (χ0n) is 20.2. The average Bonchev–Trinajstić information content (AvgIpc) is 3.24. The molecule has 1 aliphatic rings. The Hall–Kier alpha value is -3.35. The van der Waals surface area contributed by atoms with E-state index in [9.17, 15) is 14.4 Å². The third-order valence-electron chi connectivity index (χ3n) is 6.08. The summed E-state index contributed by atoms with van der Waals surface area (Å²) in [6.45, 7) is 6.55. The number of urea groups is 1. The number of ether oxygens (including phenoxy) is 2. The van der Waals surface area contributed by atoms with Crippen molar-refractivity contribution in [3.05, 3.63) is 65.7 Å². The van der Waals surface area contributed by atoms with Crippen LogP contribution in [0.5, 0.6) is 0 Å². The standard InChI is InChI=1S/C27H34N2O5/c1-4-28(19-22(25(30)33-5-2)17-16-20-12-8-7-9-13-20)27(32)29-23-15-11-10-14-21(23)18-24(29)26(31)34-6-3/h7-15,22,24H,4-6,16-19H2,1-3H3/t22-,24?/m0/s1. The molecule has 0 saturated carbocycles. The number of carbonyl (C=O) groups is 3. The number of nitrogens with zero attached hydrogens (tertiary/aromatic N) is 2. The predicted octanol–water partition coefficient (Wildman–Crippen LogP) is 4.23. The summed E-state index contributed by atoms with van der Waals surface area (Å²) in [5.74, 6) is -1.20. The number of fused-ring (bicyclic) bond motifs is 1. The van der Waals surface area contributed by atoms with Crippen molar-refractivity contribution in [3.8, 4) is 0 Å². The molecule has 0 N–H and O–H groups in total. The summed E-state index contributed by atoms with van der Waals surface area (Å²) < 4.78 is 10.6. The van der Waals surface area contributed by atoms with Gasteiger partial charge in [0.15, 0.2) is 0 Å². The molecule has 0 radical (unpaired) electrons. The van der Waals surface area contributed by atoms with Gasteiger partial charge in [-0.15, -0.1) is 0 Å². The number of hydrogen-bond donors (Lipinski definition) is 0. The average molecular weight is 467 g/mol. The summed E-state index contributed by atoms with van der Waals surface area (Å²) in [5.41, 5.74) is 2.76. The van der Waals surface area contributed by atoms with Gasteiger partial charge in [-0.2, -0.15) is 0 Å². The molecule has 0 spiro atoms. The van der Waals surface area contributed by atoms with Gasteiger partial charge in [-0.25, -0.2) is 9.59 Å². The van der Waals surface area contributed by atoms with Gasteiger partial charge in [0.05, 0.1) is 19.1 Å². The number of aryl methyl sites for hydroxylation is 1. The Kier molecular flexibility index (Phi) is 9.08. The second kappa shape index (κ2) is 12.2. The van der Waals surface area contributed by atoms with Crippen molar-refractivity contribution in [2.24, 2.45) is 5.92 Å². The molecule has 1 unspecified atom stereocenters. The summed E-state index contributed by atoms with van der Waals surface area (Å²) >= 11 is 0. The van der Waals surface area contributed by atoms with Crippen LogP contribution >= 0.6 is 0 Å². The van der Waals surface area contributed by atoms with Gasteiger partial charge in [-0.3, -0.25) is 9.69 Å². The van der Waals surface area contributed by atoms with Crippen molar-refractivity contribution in [3.63, 3.8) is 0 Å². The molecule has 0 aliphatic carbocycles. The van der Waals surface area contributed by atoms with Crippen molar-refractivity contribution in [1.29, 1.82) is 0 Å². The first-order chi connectivity index (χ1) is 16.5. The van der Waals surface area contributed by atoms with Gasteiger partial charge >= 0.3 is 18.0 Å². The van der Waals surface area contributed by atoms with E-state index >= 15 is 0 Å². The number of rotatable bonds is 10. The van der Waals surface area contributed by atoms with E-state index in [1.165, 1.54) is 4.90 Å². The van der Waals surface area contributed by atoms with E-state index in [1.54, 1.807) is 18.7 Å². The zero-order chi connectivity index (χ0) is 24.5. The molecule has 1 heterocycles. The summed E-state index contributed by atoms with van der Waals surface area (Å²) in [6, 6.07) is 16.4. The third-order valence-corrected chi connectivity index (χ3v) is 6.08. The van der Waals surface area contributed by atoms with Crippen molar-refractivity contribution in [1.82, 2.24) is 4.90 Å².